The van der Waals surface area contributed by atoms with Crippen molar-refractivity contribution in [3.8, 4) is 0 Å². The Balaban J connectivity index is 2.37. The topological polar surface area (TPSA) is 49.8 Å². The predicted molar refractivity (Wildman–Crippen MR) is 75.4 cm³/mol. The summed E-state index contributed by atoms with van der Waals surface area (Å²) in [5, 5.41) is 6.04. The molecule has 1 heterocycles. The van der Waals surface area contributed by atoms with Crippen LogP contribution in [0.25, 0.3) is 0 Å². The maximum absolute atomic E-state index is 13.8. The van der Waals surface area contributed by atoms with Gasteiger partial charge in [0.25, 0.3) is 0 Å². The molecule has 4 nitrogen and oxygen atoms in total. The highest BCUT2D eigenvalue weighted by atomic mass is 19.1. The van der Waals surface area contributed by atoms with E-state index in [1.54, 1.807) is 13.1 Å². The number of nitrogens with zero attached hydrogens (tertiary/aromatic N) is 2. The third kappa shape index (κ3) is 2.81. The molecule has 0 radical (unpaired) electrons. The molecule has 0 aliphatic heterocycles. The van der Waals surface area contributed by atoms with Gasteiger partial charge in [-0.1, -0.05) is 13.0 Å². The number of benzene rings is 1. The van der Waals surface area contributed by atoms with Crippen LogP contribution in [0.15, 0.2) is 24.5 Å². The van der Waals surface area contributed by atoms with Gasteiger partial charge in [0.15, 0.2) is 0 Å². The van der Waals surface area contributed by atoms with Crippen LogP contribution < -0.4 is 10.6 Å². The summed E-state index contributed by atoms with van der Waals surface area (Å²) in [5.41, 5.74) is 2.24. The van der Waals surface area contributed by atoms with Crippen molar-refractivity contribution >= 4 is 17.3 Å². The zero-order valence-electron chi connectivity index (χ0n) is 11.3. The van der Waals surface area contributed by atoms with Gasteiger partial charge in [0.1, 0.15) is 23.8 Å². The Morgan fingerprint density at radius 3 is 2.58 bits per heavy atom. The van der Waals surface area contributed by atoms with Gasteiger partial charge in [0.05, 0.1) is 5.69 Å². The highest BCUT2D eigenvalue weighted by molar-refractivity contribution is 5.65. The van der Waals surface area contributed by atoms with E-state index in [0.29, 0.717) is 11.5 Å². The minimum absolute atomic E-state index is 0.285. The first-order valence-electron chi connectivity index (χ1n) is 6.20. The summed E-state index contributed by atoms with van der Waals surface area (Å²) < 4.78 is 13.8. The lowest BCUT2D eigenvalue weighted by atomic mass is 10.2. The molecule has 2 N–H and O–H groups in total. The van der Waals surface area contributed by atoms with Crippen molar-refractivity contribution < 1.29 is 4.39 Å². The molecule has 2 aromatic rings. The van der Waals surface area contributed by atoms with E-state index in [0.717, 1.165) is 23.4 Å². The summed E-state index contributed by atoms with van der Waals surface area (Å²) in [4.78, 5) is 8.34. The van der Waals surface area contributed by atoms with Crippen LogP contribution in [0.3, 0.4) is 0 Å². The van der Waals surface area contributed by atoms with Crippen molar-refractivity contribution in [2.45, 2.75) is 20.3 Å². The molecule has 1 aromatic carbocycles. The van der Waals surface area contributed by atoms with Crippen LogP contribution in [0.1, 0.15) is 18.1 Å². The van der Waals surface area contributed by atoms with E-state index in [1.165, 1.54) is 12.4 Å². The Kier molecular flexibility index (Phi) is 3.94. The average molecular weight is 260 g/mol. The maximum atomic E-state index is 13.8. The number of anilines is 3. The molecule has 5 heteroatoms. The molecule has 0 saturated carbocycles. The number of hydrogen-bond donors (Lipinski definition) is 2. The molecule has 1 aromatic heterocycles. The fraction of sp³-hybridized carbons (Fsp3) is 0.286. The van der Waals surface area contributed by atoms with Crippen LogP contribution in [0.5, 0.6) is 0 Å². The van der Waals surface area contributed by atoms with Crippen molar-refractivity contribution in [2.75, 3.05) is 17.7 Å². The SMILES string of the molecule is CCc1c(NC)ncnc1Nc1ccc(C)cc1F. The van der Waals surface area contributed by atoms with E-state index in [4.69, 9.17) is 0 Å². The second-order valence-electron chi connectivity index (χ2n) is 4.26. The van der Waals surface area contributed by atoms with Crippen molar-refractivity contribution in [3.63, 3.8) is 0 Å². The molecular formula is C14H17FN4. The quantitative estimate of drug-likeness (QED) is 0.885. The molecule has 0 saturated heterocycles. The number of rotatable bonds is 4. The van der Waals surface area contributed by atoms with Gasteiger partial charge in [-0.05, 0) is 31.0 Å². The molecule has 0 fully saturated rings. The van der Waals surface area contributed by atoms with Crippen molar-refractivity contribution in [1.82, 2.24) is 9.97 Å². The van der Waals surface area contributed by atoms with Gasteiger partial charge < -0.3 is 10.6 Å². The van der Waals surface area contributed by atoms with Crippen LogP contribution in [0.2, 0.25) is 0 Å². The third-order valence-corrected chi connectivity index (χ3v) is 2.91. The Morgan fingerprint density at radius 1 is 1.21 bits per heavy atom. The van der Waals surface area contributed by atoms with Gasteiger partial charge in [-0.25, -0.2) is 14.4 Å². The van der Waals surface area contributed by atoms with Crippen LogP contribution in [-0.4, -0.2) is 17.0 Å². The molecule has 2 rings (SSSR count). The first-order valence-corrected chi connectivity index (χ1v) is 6.20. The van der Waals surface area contributed by atoms with E-state index in [2.05, 4.69) is 20.6 Å². The normalized spacial score (nSPS) is 10.3. The fourth-order valence-electron chi connectivity index (χ4n) is 1.92. The highest BCUT2D eigenvalue weighted by Gasteiger charge is 2.10. The number of nitrogens with one attached hydrogen (secondary N) is 2. The van der Waals surface area contributed by atoms with Crippen LogP contribution in [-0.2, 0) is 6.42 Å². The summed E-state index contributed by atoms with van der Waals surface area (Å²) in [6, 6.07) is 5.07. The van der Waals surface area contributed by atoms with Gasteiger partial charge in [-0.3, -0.25) is 0 Å². The second kappa shape index (κ2) is 5.65. The Morgan fingerprint density at radius 2 is 1.95 bits per heavy atom. The van der Waals surface area contributed by atoms with Crippen molar-refractivity contribution in [3.05, 3.63) is 41.5 Å². The predicted octanol–water partition coefficient (Wildman–Crippen LogP) is 3.27. The van der Waals surface area contributed by atoms with E-state index in [9.17, 15) is 4.39 Å². The zero-order valence-corrected chi connectivity index (χ0v) is 11.3. The lowest BCUT2D eigenvalue weighted by Gasteiger charge is -2.13. The molecule has 0 spiro atoms. The Hall–Kier alpha value is -2.17. The smallest absolute Gasteiger partial charge is 0.146 e. The molecule has 0 unspecified atom stereocenters. The highest BCUT2D eigenvalue weighted by Crippen LogP contribution is 2.25. The van der Waals surface area contributed by atoms with Crippen molar-refractivity contribution in [2.24, 2.45) is 0 Å². The van der Waals surface area contributed by atoms with Gasteiger partial charge in [0.2, 0.25) is 0 Å². The molecular weight excluding hydrogens is 243 g/mol. The molecule has 0 bridgehead atoms. The van der Waals surface area contributed by atoms with E-state index in [1.807, 2.05) is 19.9 Å². The third-order valence-electron chi connectivity index (χ3n) is 2.91. The molecule has 100 valence electrons. The van der Waals surface area contributed by atoms with Gasteiger partial charge >= 0.3 is 0 Å². The van der Waals surface area contributed by atoms with Gasteiger partial charge in [0, 0.05) is 12.6 Å². The molecule has 0 aliphatic carbocycles. The van der Waals surface area contributed by atoms with Gasteiger partial charge in [-0.2, -0.15) is 0 Å². The number of aromatic nitrogens is 2. The molecule has 0 amide bonds. The average Bonchev–Trinajstić information content (AvgIpc) is 2.41. The molecule has 0 aliphatic rings. The first-order chi connectivity index (χ1) is 9.15. The molecule has 19 heavy (non-hydrogen) atoms. The standard InChI is InChI=1S/C14H17FN4/c1-4-10-13(16-3)17-8-18-14(10)19-12-6-5-9(2)7-11(12)15/h5-8H,4H2,1-3H3,(H2,16,17,18,19). The summed E-state index contributed by atoms with van der Waals surface area (Å²) in [7, 11) is 1.80. The van der Waals surface area contributed by atoms with E-state index in [-0.39, 0.29) is 5.82 Å². The number of aryl methyl sites for hydroxylation is 1. The van der Waals surface area contributed by atoms with Crippen LogP contribution >= 0.6 is 0 Å². The number of halogens is 1. The summed E-state index contributed by atoms with van der Waals surface area (Å²) in [6.45, 7) is 3.87. The van der Waals surface area contributed by atoms with Crippen molar-refractivity contribution in [1.29, 1.82) is 0 Å². The van der Waals surface area contributed by atoms with Crippen LogP contribution in [0.4, 0.5) is 21.7 Å². The zero-order chi connectivity index (χ0) is 13.8. The minimum Gasteiger partial charge on any atom is -0.373 e. The Labute approximate surface area is 112 Å². The second-order valence-corrected chi connectivity index (χ2v) is 4.26. The fourth-order valence-corrected chi connectivity index (χ4v) is 1.92. The number of hydrogen-bond acceptors (Lipinski definition) is 4. The lowest BCUT2D eigenvalue weighted by Crippen LogP contribution is -2.05. The Bertz CT molecular complexity index is 584. The maximum Gasteiger partial charge on any atom is 0.146 e. The monoisotopic (exact) mass is 260 g/mol. The largest absolute Gasteiger partial charge is 0.373 e. The lowest BCUT2D eigenvalue weighted by molar-refractivity contribution is 0.630. The summed E-state index contributed by atoms with van der Waals surface area (Å²) in [5.74, 6) is 1.10. The molecule has 0 atom stereocenters. The first kappa shape index (κ1) is 13.3. The van der Waals surface area contributed by atoms with Crippen LogP contribution in [0, 0.1) is 12.7 Å². The van der Waals surface area contributed by atoms with E-state index < -0.39 is 0 Å². The summed E-state index contributed by atoms with van der Waals surface area (Å²) in [6.07, 6.45) is 2.21. The van der Waals surface area contributed by atoms with E-state index >= 15 is 0 Å². The van der Waals surface area contributed by atoms with Gasteiger partial charge in [-0.15, -0.1) is 0 Å². The minimum atomic E-state index is -0.285. The summed E-state index contributed by atoms with van der Waals surface area (Å²) >= 11 is 0.